The quantitative estimate of drug-likeness (QED) is 0.880. The number of rotatable bonds is 2. The molecule has 5 heteroatoms. The Labute approximate surface area is 115 Å². The van der Waals surface area contributed by atoms with Crippen LogP contribution in [0.25, 0.3) is 0 Å². The maximum absolute atomic E-state index is 12.2. The number of carbonyl (C=O) groups is 1. The first kappa shape index (κ1) is 13.5. The Hall–Kier alpha value is -0.910. The Morgan fingerprint density at radius 1 is 1.44 bits per heavy atom. The first-order chi connectivity index (χ1) is 8.51. The van der Waals surface area contributed by atoms with E-state index in [0.717, 1.165) is 15.7 Å². The van der Waals surface area contributed by atoms with Crippen LogP contribution in [0.1, 0.15) is 18.4 Å². The lowest BCUT2D eigenvalue weighted by Gasteiger charge is -2.31. The van der Waals surface area contributed by atoms with E-state index in [0.29, 0.717) is 26.1 Å². The summed E-state index contributed by atoms with van der Waals surface area (Å²) in [6.45, 7) is 3.06. The van der Waals surface area contributed by atoms with Gasteiger partial charge in [0.05, 0.1) is 5.69 Å². The average molecular weight is 313 g/mol. The van der Waals surface area contributed by atoms with Crippen molar-refractivity contribution < 1.29 is 9.53 Å². The van der Waals surface area contributed by atoms with Crippen LogP contribution < -0.4 is 11.1 Å². The number of nitrogens with one attached hydrogen (secondary N) is 1. The third kappa shape index (κ3) is 2.91. The second-order valence-corrected chi connectivity index (χ2v) is 5.56. The number of ether oxygens (including phenoxy) is 1. The second-order valence-electron chi connectivity index (χ2n) is 4.71. The number of hydrogen-bond acceptors (Lipinski definition) is 3. The first-order valence-electron chi connectivity index (χ1n) is 5.95. The highest BCUT2D eigenvalue weighted by molar-refractivity contribution is 9.10. The molecule has 0 aliphatic carbocycles. The third-order valence-electron chi connectivity index (χ3n) is 3.21. The van der Waals surface area contributed by atoms with Gasteiger partial charge < -0.3 is 15.8 Å². The van der Waals surface area contributed by atoms with Gasteiger partial charge in [-0.3, -0.25) is 4.79 Å². The third-order valence-corrected chi connectivity index (χ3v) is 3.90. The summed E-state index contributed by atoms with van der Waals surface area (Å²) < 4.78 is 6.10. The zero-order chi connectivity index (χ0) is 13.2. The fourth-order valence-corrected chi connectivity index (χ4v) is 2.29. The molecule has 1 aromatic rings. The molecule has 1 aromatic carbocycles. The number of carbonyl (C=O) groups excluding carboxylic acids is 1. The van der Waals surface area contributed by atoms with E-state index in [4.69, 9.17) is 10.5 Å². The van der Waals surface area contributed by atoms with Crippen molar-refractivity contribution in [2.24, 2.45) is 5.73 Å². The number of nitrogens with two attached hydrogens (primary N) is 1. The molecular formula is C13H17BrN2O2. The van der Waals surface area contributed by atoms with Crippen LogP contribution in [0.4, 0.5) is 5.69 Å². The van der Waals surface area contributed by atoms with Gasteiger partial charge >= 0.3 is 0 Å². The van der Waals surface area contributed by atoms with Gasteiger partial charge in [-0.2, -0.15) is 0 Å². The molecule has 98 valence electrons. The Balaban J connectivity index is 2.13. The van der Waals surface area contributed by atoms with Crippen LogP contribution in [0.15, 0.2) is 22.7 Å². The van der Waals surface area contributed by atoms with Crippen LogP contribution >= 0.6 is 15.9 Å². The van der Waals surface area contributed by atoms with Crippen LogP contribution in [-0.4, -0.2) is 24.7 Å². The Kier molecular flexibility index (Phi) is 4.04. The van der Waals surface area contributed by atoms with E-state index in [-0.39, 0.29) is 5.91 Å². The van der Waals surface area contributed by atoms with Gasteiger partial charge in [0, 0.05) is 17.7 Å². The summed E-state index contributed by atoms with van der Waals surface area (Å²) in [5.74, 6) is -0.142. The highest BCUT2D eigenvalue weighted by atomic mass is 79.9. The molecule has 18 heavy (non-hydrogen) atoms. The van der Waals surface area contributed by atoms with Gasteiger partial charge in [-0.25, -0.2) is 0 Å². The van der Waals surface area contributed by atoms with E-state index in [1.165, 1.54) is 0 Å². The van der Waals surface area contributed by atoms with Crippen molar-refractivity contribution in [2.45, 2.75) is 25.3 Å². The molecule has 0 radical (unpaired) electrons. The molecule has 3 N–H and O–H groups in total. The maximum Gasteiger partial charge on any atom is 0.244 e. The lowest BCUT2D eigenvalue weighted by atomic mass is 9.90. The summed E-state index contributed by atoms with van der Waals surface area (Å²) in [6, 6.07) is 5.81. The standard InChI is InChI=1S/C13H17BrN2O2/c1-9-2-3-10(14)11(8-9)16-12(17)13(15)4-6-18-7-5-13/h2-3,8H,4-7,15H2,1H3,(H,16,17). The fourth-order valence-electron chi connectivity index (χ4n) is 1.94. The van der Waals surface area contributed by atoms with Gasteiger partial charge in [-0.1, -0.05) is 6.07 Å². The van der Waals surface area contributed by atoms with Crippen molar-refractivity contribution >= 4 is 27.5 Å². The molecule has 0 saturated carbocycles. The fraction of sp³-hybridized carbons (Fsp3) is 0.462. The van der Waals surface area contributed by atoms with Crippen LogP contribution in [0, 0.1) is 6.92 Å². The molecule has 1 saturated heterocycles. The minimum atomic E-state index is -0.818. The van der Waals surface area contributed by atoms with Gasteiger partial charge in [0.25, 0.3) is 0 Å². The molecule has 2 rings (SSSR count). The molecule has 1 aliphatic heterocycles. The Morgan fingerprint density at radius 2 is 2.11 bits per heavy atom. The highest BCUT2D eigenvalue weighted by Crippen LogP contribution is 2.26. The van der Waals surface area contributed by atoms with Crippen molar-refractivity contribution in [3.8, 4) is 0 Å². The SMILES string of the molecule is Cc1ccc(Br)c(NC(=O)C2(N)CCOCC2)c1. The van der Waals surface area contributed by atoms with E-state index >= 15 is 0 Å². The average Bonchev–Trinajstić information content (AvgIpc) is 2.35. The van der Waals surface area contributed by atoms with Crippen LogP contribution in [0.2, 0.25) is 0 Å². The lowest BCUT2D eigenvalue weighted by Crippen LogP contribution is -2.54. The van der Waals surface area contributed by atoms with Gasteiger partial charge in [0.1, 0.15) is 5.54 Å². The summed E-state index contributed by atoms with van der Waals surface area (Å²) in [6.07, 6.45) is 1.12. The second kappa shape index (κ2) is 5.38. The summed E-state index contributed by atoms with van der Waals surface area (Å²) in [5.41, 5.74) is 7.16. The normalized spacial score (nSPS) is 18.4. The van der Waals surface area contributed by atoms with Crippen molar-refractivity contribution in [1.29, 1.82) is 0 Å². The summed E-state index contributed by atoms with van der Waals surface area (Å²) in [4.78, 5) is 12.2. The smallest absolute Gasteiger partial charge is 0.244 e. The molecule has 0 spiro atoms. The molecular weight excluding hydrogens is 296 g/mol. The summed E-state index contributed by atoms with van der Waals surface area (Å²) in [5, 5.41) is 2.89. The van der Waals surface area contributed by atoms with Gasteiger partial charge in [-0.15, -0.1) is 0 Å². The minimum absolute atomic E-state index is 0.142. The molecule has 0 aromatic heterocycles. The maximum atomic E-state index is 12.2. The molecule has 0 bridgehead atoms. The lowest BCUT2D eigenvalue weighted by molar-refractivity contribution is -0.124. The van der Waals surface area contributed by atoms with Crippen molar-refractivity contribution in [1.82, 2.24) is 0 Å². The predicted octanol–water partition coefficient (Wildman–Crippen LogP) is 2.20. The van der Waals surface area contributed by atoms with E-state index in [1.54, 1.807) is 0 Å². The first-order valence-corrected chi connectivity index (χ1v) is 6.75. The molecule has 1 aliphatic rings. The van der Waals surface area contributed by atoms with E-state index < -0.39 is 5.54 Å². The molecule has 1 heterocycles. The van der Waals surface area contributed by atoms with Gasteiger partial charge in [0.15, 0.2) is 0 Å². The van der Waals surface area contributed by atoms with Crippen LogP contribution in [0.5, 0.6) is 0 Å². The monoisotopic (exact) mass is 312 g/mol. The number of hydrogen-bond donors (Lipinski definition) is 2. The highest BCUT2D eigenvalue weighted by Gasteiger charge is 2.36. The number of amides is 1. The van der Waals surface area contributed by atoms with Gasteiger partial charge in [0.2, 0.25) is 5.91 Å². The molecule has 4 nitrogen and oxygen atoms in total. The summed E-state index contributed by atoms with van der Waals surface area (Å²) in [7, 11) is 0. The zero-order valence-corrected chi connectivity index (χ0v) is 11.9. The molecule has 0 unspecified atom stereocenters. The van der Waals surface area contributed by atoms with Crippen LogP contribution in [-0.2, 0) is 9.53 Å². The van der Waals surface area contributed by atoms with Crippen molar-refractivity contribution in [3.63, 3.8) is 0 Å². The summed E-state index contributed by atoms with van der Waals surface area (Å²) >= 11 is 3.42. The number of benzene rings is 1. The van der Waals surface area contributed by atoms with Gasteiger partial charge in [-0.05, 0) is 53.4 Å². The van der Waals surface area contributed by atoms with Crippen molar-refractivity contribution in [3.05, 3.63) is 28.2 Å². The predicted molar refractivity (Wildman–Crippen MR) is 74.5 cm³/mol. The van der Waals surface area contributed by atoms with Crippen LogP contribution in [0.3, 0.4) is 0 Å². The molecule has 0 atom stereocenters. The number of anilines is 1. The van der Waals surface area contributed by atoms with Crippen molar-refractivity contribution in [2.75, 3.05) is 18.5 Å². The number of aryl methyl sites for hydroxylation is 1. The van der Waals surface area contributed by atoms with E-state index in [2.05, 4.69) is 21.2 Å². The van der Waals surface area contributed by atoms with E-state index in [1.807, 2.05) is 25.1 Å². The largest absolute Gasteiger partial charge is 0.381 e. The zero-order valence-electron chi connectivity index (χ0n) is 10.3. The minimum Gasteiger partial charge on any atom is -0.381 e. The topological polar surface area (TPSA) is 64.4 Å². The molecule has 1 amide bonds. The Bertz CT molecular complexity index is 456. The van der Waals surface area contributed by atoms with E-state index in [9.17, 15) is 4.79 Å². The number of halogens is 1. The Morgan fingerprint density at radius 3 is 2.78 bits per heavy atom. The molecule has 1 fully saturated rings.